The van der Waals surface area contributed by atoms with E-state index in [1.54, 1.807) is 0 Å². The van der Waals surface area contributed by atoms with Crippen molar-refractivity contribution >= 4 is 5.97 Å². The number of aromatic nitrogens is 2. The van der Waals surface area contributed by atoms with E-state index in [0.717, 1.165) is 10.7 Å². The standard InChI is InChI=1S/C8H10F2N2O2/c1-8(2,7(13)14)12-4-3-5(11-12)6(9)10/h3-4,6H,1-2H3,(H,13,14). The van der Waals surface area contributed by atoms with Crippen LogP contribution in [0, 0.1) is 0 Å². The Morgan fingerprint density at radius 3 is 2.57 bits per heavy atom. The molecule has 0 bridgehead atoms. The second-order valence-corrected chi connectivity index (χ2v) is 3.35. The smallest absolute Gasteiger partial charge is 0.331 e. The molecule has 78 valence electrons. The first kappa shape index (κ1) is 10.6. The zero-order valence-electron chi connectivity index (χ0n) is 7.74. The molecule has 0 aliphatic rings. The minimum absolute atomic E-state index is 0.417. The number of carboxylic acids is 1. The Hall–Kier alpha value is -1.46. The van der Waals surface area contributed by atoms with Gasteiger partial charge >= 0.3 is 5.97 Å². The number of hydrogen-bond acceptors (Lipinski definition) is 2. The van der Waals surface area contributed by atoms with Crippen LogP contribution < -0.4 is 0 Å². The zero-order chi connectivity index (χ0) is 10.9. The third-order valence-electron chi connectivity index (χ3n) is 1.93. The molecule has 4 nitrogen and oxygen atoms in total. The minimum atomic E-state index is -2.68. The number of hydrogen-bond donors (Lipinski definition) is 1. The summed E-state index contributed by atoms with van der Waals surface area (Å²) >= 11 is 0. The number of aliphatic carboxylic acids is 1. The number of carbonyl (C=O) groups is 1. The summed E-state index contributed by atoms with van der Waals surface area (Å²) < 4.78 is 25.3. The van der Waals surface area contributed by atoms with Crippen molar-refractivity contribution in [2.75, 3.05) is 0 Å². The number of nitrogens with zero attached hydrogens (tertiary/aromatic N) is 2. The largest absolute Gasteiger partial charge is 0.479 e. The van der Waals surface area contributed by atoms with Crippen LogP contribution in [0.1, 0.15) is 26.0 Å². The lowest BCUT2D eigenvalue weighted by molar-refractivity contribution is -0.146. The molecule has 0 aliphatic heterocycles. The Morgan fingerprint density at radius 2 is 2.21 bits per heavy atom. The van der Waals surface area contributed by atoms with Gasteiger partial charge in [-0.15, -0.1) is 0 Å². The van der Waals surface area contributed by atoms with Crippen molar-refractivity contribution in [2.45, 2.75) is 25.8 Å². The number of carboxylic acid groups (broad SMARTS) is 1. The van der Waals surface area contributed by atoms with Gasteiger partial charge in [0, 0.05) is 6.20 Å². The second-order valence-electron chi connectivity index (χ2n) is 3.35. The van der Waals surface area contributed by atoms with Crippen molar-refractivity contribution in [3.63, 3.8) is 0 Å². The van der Waals surface area contributed by atoms with E-state index in [4.69, 9.17) is 5.11 Å². The third-order valence-corrected chi connectivity index (χ3v) is 1.93. The van der Waals surface area contributed by atoms with Crippen molar-refractivity contribution in [3.8, 4) is 0 Å². The topological polar surface area (TPSA) is 55.1 Å². The molecule has 1 heterocycles. The van der Waals surface area contributed by atoms with Gasteiger partial charge in [0.2, 0.25) is 0 Å². The van der Waals surface area contributed by atoms with Crippen LogP contribution >= 0.6 is 0 Å². The van der Waals surface area contributed by atoms with Gasteiger partial charge in [-0.2, -0.15) is 5.10 Å². The molecule has 1 rings (SSSR count). The summed E-state index contributed by atoms with van der Waals surface area (Å²) in [7, 11) is 0. The highest BCUT2D eigenvalue weighted by Crippen LogP contribution is 2.20. The van der Waals surface area contributed by atoms with Gasteiger partial charge in [-0.25, -0.2) is 13.6 Å². The molecule has 0 amide bonds. The SMILES string of the molecule is CC(C)(C(=O)O)n1ccc(C(F)F)n1. The van der Waals surface area contributed by atoms with Gasteiger partial charge in [-0.05, 0) is 19.9 Å². The van der Waals surface area contributed by atoms with Crippen molar-refractivity contribution < 1.29 is 18.7 Å². The predicted molar refractivity (Wildman–Crippen MR) is 44.1 cm³/mol. The van der Waals surface area contributed by atoms with Gasteiger partial charge in [0.1, 0.15) is 5.69 Å². The van der Waals surface area contributed by atoms with E-state index in [2.05, 4.69) is 5.10 Å². The quantitative estimate of drug-likeness (QED) is 0.814. The second kappa shape index (κ2) is 3.36. The number of rotatable bonds is 3. The highest BCUT2D eigenvalue weighted by Gasteiger charge is 2.30. The Morgan fingerprint density at radius 1 is 1.64 bits per heavy atom. The zero-order valence-corrected chi connectivity index (χ0v) is 7.74. The molecule has 0 spiro atoms. The lowest BCUT2D eigenvalue weighted by Gasteiger charge is -2.19. The molecule has 14 heavy (non-hydrogen) atoms. The van der Waals surface area contributed by atoms with Gasteiger partial charge in [0.05, 0.1) is 0 Å². The van der Waals surface area contributed by atoms with Gasteiger partial charge in [0.25, 0.3) is 6.43 Å². The first-order valence-electron chi connectivity index (χ1n) is 3.93. The van der Waals surface area contributed by atoms with Gasteiger partial charge in [-0.3, -0.25) is 4.68 Å². The molecule has 1 N–H and O–H groups in total. The average molecular weight is 204 g/mol. The summed E-state index contributed by atoms with van der Waals surface area (Å²) in [6.07, 6.45) is -1.45. The van der Waals surface area contributed by atoms with Crippen LogP contribution in [0.2, 0.25) is 0 Å². The maximum Gasteiger partial charge on any atom is 0.331 e. The number of alkyl halides is 2. The van der Waals surface area contributed by atoms with Crippen LogP contribution in [-0.2, 0) is 10.3 Å². The fourth-order valence-corrected chi connectivity index (χ4v) is 0.864. The predicted octanol–water partition coefficient (Wildman–Crippen LogP) is 1.64. The molecule has 1 aromatic heterocycles. The molecular weight excluding hydrogens is 194 g/mol. The number of halogens is 2. The molecule has 0 aliphatic carbocycles. The van der Waals surface area contributed by atoms with E-state index in [9.17, 15) is 13.6 Å². The first-order valence-corrected chi connectivity index (χ1v) is 3.93. The fraction of sp³-hybridized carbons (Fsp3) is 0.500. The molecule has 1 aromatic rings. The summed E-state index contributed by atoms with van der Waals surface area (Å²) in [6.45, 7) is 2.77. The molecule has 0 aromatic carbocycles. The molecular formula is C8H10F2N2O2. The van der Waals surface area contributed by atoms with Gasteiger partial charge < -0.3 is 5.11 Å². The maximum absolute atomic E-state index is 12.1. The van der Waals surface area contributed by atoms with Crippen LogP contribution in [-0.4, -0.2) is 20.9 Å². The van der Waals surface area contributed by atoms with Crippen LogP contribution in [0.15, 0.2) is 12.3 Å². The van der Waals surface area contributed by atoms with Crippen LogP contribution in [0.3, 0.4) is 0 Å². The molecule has 6 heteroatoms. The Kier molecular flexibility index (Phi) is 2.55. The maximum atomic E-state index is 12.1. The highest BCUT2D eigenvalue weighted by molar-refractivity contribution is 5.75. The molecule has 0 saturated heterocycles. The summed E-state index contributed by atoms with van der Waals surface area (Å²) in [4.78, 5) is 10.8. The van der Waals surface area contributed by atoms with Crippen molar-refractivity contribution in [2.24, 2.45) is 0 Å². The van der Waals surface area contributed by atoms with Crippen LogP contribution in [0.4, 0.5) is 8.78 Å². The van der Waals surface area contributed by atoms with E-state index >= 15 is 0 Å². The minimum Gasteiger partial charge on any atom is -0.479 e. The first-order chi connectivity index (χ1) is 6.35. The van der Waals surface area contributed by atoms with Crippen molar-refractivity contribution in [1.82, 2.24) is 9.78 Å². The van der Waals surface area contributed by atoms with E-state index < -0.39 is 23.6 Å². The summed E-state index contributed by atoms with van der Waals surface area (Å²) in [5, 5.41) is 12.3. The monoisotopic (exact) mass is 204 g/mol. The summed E-state index contributed by atoms with van der Waals surface area (Å²) in [5.74, 6) is -1.12. The highest BCUT2D eigenvalue weighted by atomic mass is 19.3. The lowest BCUT2D eigenvalue weighted by Crippen LogP contribution is -2.36. The normalized spacial score (nSPS) is 12.1. The molecule has 0 unspecified atom stereocenters. The average Bonchev–Trinajstić information content (AvgIpc) is 2.51. The van der Waals surface area contributed by atoms with Crippen molar-refractivity contribution in [3.05, 3.63) is 18.0 Å². The fourth-order valence-electron chi connectivity index (χ4n) is 0.864. The van der Waals surface area contributed by atoms with Crippen LogP contribution in [0.5, 0.6) is 0 Å². The Labute approximate surface area is 79.2 Å². The van der Waals surface area contributed by atoms with Crippen LogP contribution in [0.25, 0.3) is 0 Å². The van der Waals surface area contributed by atoms with Gasteiger partial charge in [0.15, 0.2) is 5.54 Å². The summed E-state index contributed by atoms with van der Waals surface area (Å²) in [6, 6.07) is 1.11. The van der Waals surface area contributed by atoms with E-state index in [1.165, 1.54) is 20.0 Å². The van der Waals surface area contributed by atoms with E-state index in [0.29, 0.717) is 0 Å². The third kappa shape index (κ3) is 1.73. The van der Waals surface area contributed by atoms with E-state index in [1.807, 2.05) is 0 Å². The van der Waals surface area contributed by atoms with Crippen molar-refractivity contribution in [1.29, 1.82) is 0 Å². The molecule has 0 fully saturated rings. The van der Waals surface area contributed by atoms with E-state index in [-0.39, 0.29) is 0 Å². The summed E-state index contributed by atoms with van der Waals surface area (Å²) in [5.41, 5.74) is -1.73. The Balaban J connectivity index is 3.03. The lowest BCUT2D eigenvalue weighted by atomic mass is 10.1. The molecule has 0 radical (unpaired) electrons. The van der Waals surface area contributed by atoms with Gasteiger partial charge in [-0.1, -0.05) is 0 Å². The molecule has 0 atom stereocenters. The molecule has 0 saturated carbocycles. The Bertz CT molecular complexity index is 347.